The van der Waals surface area contributed by atoms with E-state index in [9.17, 15) is 9.59 Å². The summed E-state index contributed by atoms with van der Waals surface area (Å²) in [6, 6.07) is 30.7. The number of ether oxygens (including phenoxy) is 1. The first-order valence-corrected chi connectivity index (χ1v) is 11.3. The smallest absolute Gasteiger partial charge is 0.424 e. The Morgan fingerprint density at radius 3 is 2.03 bits per heavy atom. The lowest BCUT2D eigenvalue weighted by Gasteiger charge is -2.22. The summed E-state index contributed by atoms with van der Waals surface area (Å²) >= 11 is 3.40. The molecule has 6 heteroatoms. The molecule has 0 unspecified atom stereocenters. The molecule has 4 aromatic carbocycles. The molecule has 1 aromatic heterocycles. The third-order valence-electron chi connectivity index (χ3n) is 5.32. The number of amides is 1. The summed E-state index contributed by atoms with van der Waals surface area (Å²) in [7, 11) is 0. The average molecular weight is 512 g/mol. The number of fused-ring (bicyclic) bond motifs is 1. The van der Waals surface area contributed by atoms with Crippen LogP contribution in [0.4, 0.5) is 16.2 Å². The van der Waals surface area contributed by atoms with E-state index in [-0.39, 0.29) is 11.2 Å². The van der Waals surface area contributed by atoms with Gasteiger partial charge in [-0.15, -0.1) is 0 Å². The second kappa shape index (κ2) is 9.37. The molecule has 0 N–H and O–H groups in total. The van der Waals surface area contributed by atoms with E-state index in [2.05, 4.69) is 15.9 Å². The zero-order valence-electron chi connectivity index (χ0n) is 17.9. The summed E-state index contributed by atoms with van der Waals surface area (Å²) in [6.07, 6.45) is 0.852. The van der Waals surface area contributed by atoms with Crippen LogP contribution in [0, 0.1) is 0 Å². The van der Waals surface area contributed by atoms with Crippen molar-refractivity contribution in [2.45, 2.75) is 0 Å². The number of rotatable bonds is 4. The molecule has 0 fully saturated rings. The standard InChI is InChI=1S/C28H18BrNO4/c29-20-13-11-19(12-14-20)25-18-33-26-17-23(15-16-24(26)27(25)31)34-28(32)30(21-7-3-1-4-8-21)22-9-5-2-6-10-22/h1-18H. The lowest BCUT2D eigenvalue weighted by molar-refractivity contribution is 0.210. The van der Waals surface area contributed by atoms with Crippen LogP contribution < -0.4 is 15.1 Å². The van der Waals surface area contributed by atoms with Crippen molar-refractivity contribution in [2.75, 3.05) is 4.90 Å². The molecule has 5 nitrogen and oxygen atoms in total. The fourth-order valence-corrected chi connectivity index (χ4v) is 3.93. The minimum atomic E-state index is -0.578. The number of para-hydroxylation sites is 2. The fraction of sp³-hybridized carbons (Fsp3) is 0. The van der Waals surface area contributed by atoms with Crippen molar-refractivity contribution in [3.8, 4) is 16.9 Å². The molecule has 0 radical (unpaired) electrons. The molecule has 0 aliphatic carbocycles. The van der Waals surface area contributed by atoms with E-state index in [1.54, 1.807) is 18.2 Å². The first-order chi connectivity index (χ1) is 16.6. The topological polar surface area (TPSA) is 59.8 Å². The Labute approximate surface area is 204 Å². The van der Waals surface area contributed by atoms with Gasteiger partial charge in [-0.2, -0.15) is 0 Å². The Bertz CT molecular complexity index is 1470. The molecule has 1 heterocycles. The fourth-order valence-electron chi connectivity index (χ4n) is 3.66. The van der Waals surface area contributed by atoms with Gasteiger partial charge in [0.2, 0.25) is 0 Å². The van der Waals surface area contributed by atoms with Crippen molar-refractivity contribution in [3.05, 3.63) is 124 Å². The van der Waals surface area contributed by atoms with Crippen molar-refractivity contribution < 1.29 is 13.9 Å². The minimum absolute atomic E-state index is 0.156. The monoisotopic (exact) mass is 511 g/mol. The molecule has 166 valence electrons. The van der Waals surface area contributed by atoms with E-state index in [0.717, 1.165) is 10.0 Å². The normalized spacial score (nSPS) is 10.7. The predicted molar refractivity (Wildman–Crippen MR) is 137 cm³/mol. The van der Waals surface area contributed by atoms with Gasteiger partial charge in [-0.3, -0.25) is 4.79 Å². The number of carbonyl (C=O) groups is 1. The van der Waals surface area contributed by atoms with Gasteiger partial charge in [0.05, 0.1) is 22.3 Å². The average Bonchev–Trinajstić information content (AvgIpc) is 2.86. The molecular formula is C28H18BrNO4. The highest BCUT2D eigenvalue weighted by molar-refractivity contribution is 9.10. The number of hydrogen-bond donors (Lipinski definition) is 0. The van der Waals surface area contributed by atoms with E-state index in [1.165, 1.54) is 11.2 Å². The Kier molecular flexibility index (Phi) is 5.97. The molecule has 0 saturated carbocycles. The molecule has 0 aliphatic rings. The summed E-state index contributed by atoms with van der Waals surface area (Å²) < 4.78 is 12.3. The highest BCUT2D eigenvalue weighted by atomic mass is 79.9. The molecule has 0 atom stereocenters. The molecule has 0 spiro atoms. The number of anilines is 2. The molecule has 5 aromatic rings. The highest BCUT2D eigenvalue weighted by Gasteiger charge is 2.20. The van der Waals surface area contributed by atoms with Crippen LogP contribution in [0.15, 0.2) is 123 Å². The zero-order valence-corrected chi connectivity index (χ0v) is 19.4. The van der Waals surface area contributed by atoms with Crippen molar-refractivity contribution in [3.63, 3.8) is 0 Å². The molecule has 0 aliphatic heterocycles. The second-order valence-corrected chi connectivity index (χ2v) is 8.43. The maximum atomic E-state index is 13.2. The van der Waals surface area contributed by atoms with E-state index < -0.39 is 6.09 Å². The SMILES string of the molecule is O=C(Oc1ccc2c(=O)c(-c3ccc(Br)cc3)coc2c1)N(c1ccccc1)c1ccccc1. The van der Waals surface area contributed by atoms with E-state index in [0.29, 0.717) is 27.9 Å². The number of benzene rings is 4. The van der Waals surface area contributed by atoms with Crippen molar-refractivity contribution in [2.24, 2.45) is 0 Å². The quantitative estimate of drug-likeness (QED) is 0.249. The van der Waals surface area contributed by atoms with E-state index in [4.69, 9.17) is 9.15 Å². The minimum Gasteiger partial charge on any atom is -0.463 e. The number of hydrogen-bond acceptors (Lipinski definition) is 4. The third kappa shape index (κ3) is 4.36. The van der Waals surface area contributed by atoms with Crippen molar-refractivity contribution in [1.82, 2.24) is 0 Å². The predicted octanol–water partition coefficient (Wildman–Crippen LogP) is 7.56. The summed E-state index contributed by atoms with van der Waals surface area (Å²) in [5.74, 6) is 0.272. The summed E-state index contributed by atoms with van der Waals surface area (Å²) in [5.41, 5.74) is 2.74. The number of halogens is 1. The van der Waals surface area contributed by atoms with Gasteiger partial charge in [0, 0.05) is 10.5 Å². The molecule has 5 rings (SSSR count). The Hall–Kier alpha value is -4.16. The van der Waals surface area contributed by atoms with Crippen LogP contribution >= 0.6 is 15.9 Å². The number of carbonyl (C=O) groups excluding carboxylic acids is 1. The van der Waals surface area contributed by atoms with Gasteiger partial charge in [0.25, 0.3) is 0 Å². The van der Waals surface area contributed by atoms with Crippen LogP contribution in [0.2, 0.25) is 0 Å². The van der Waals surface area contributed by atoms with Crippen LogP contribution in [0.5, 0.6) is 5.75 Å². The van der Waals surface area contributed by atoms with Gasteiger partial charge < -0.3 is 9.15 Å². The molecule has 34 heavy (non-hydrogen) atoms. The van der Waals surface area contributed by atoms with Gasteiger partial charge in [-0.1, -0.05) is 64.5 Å². The van der Waals surface area contributed by atoms with E-state index >= 15 is 0 Å². The second-order valence-electron chi connectivity index (χ2n) is 7.52. The largest absolute Gasteiger partial charge is 0.463 e. The van der Waals surface area contributed by atoms with Crippen molar-refractivity contribution in [1.29, 1.82) is 0 Å². The van der Waals surface area contributed by atoms with Crippen LogP contribution in [0.1, 0.15) is 0 Å². The summed E-state index contributed by atoms with van der Waals surface area (Å²) in [4.78, 5) is 27.7. The van der Waals surface area contributed by atoms with Gasteiger partial charge in [-0.25, -0.2) is 9.69 Å². The third-order valence-corrected chi connectivity index (χ3v) is 5.85. The Morgan fingerprint density at radius 1 is 0.794 bits per heavy atom. The number of nitrogens with zero attached hydrogens (tertiary/aromatic N) is 1. The maximum Gasteiger partial charge on any atom is 0.424 e. The van der Waals surface area contributed by atoms with Crippen LogP contribution in [-0.4, -0.2) is 6.09 Å². The zero-order chi connectivity index (χ0) is 23.5. The Balaban J connectivity index is 1.47. The van der Waals surface area contributed by atoms with Gasteiger partial charge in [0.15, 0.2) is 5.43 Å². The van der Waals surface area contributed by atoms with Crippen LogP contribution in [0.3, 0.4) is 0 Å². The first-order valence-electron chi connectivity index (χ1n) is 10.5. The molecule has 0 bridgehead atoms. The van der Waals surface area contributed by atoms with Crippen LogP contribution in [0.25, 0.3) is 22.1 Å². The molecule has 0 saturated heterocycles. The first kappa shape index (κ1) is 21.7. The van der Waals surface area contributed by atoms with Gasteiger partial charge >= 0.3 is 6.09 Å². The van der Waals surface area contributed by atoms with Gasteiger partial charge in [0.1, 0.15) is 17.6 Å². The molecule has 1 amide bonds. The highest BCUT2D eigenvalue weighted by Crippen LogP contribution is 2.28. The van der Waals surface area contributed by atoms with Crippen LogP contribution in [-0.2, 0) is 0 Å². The maximum absolute atomic E-state index is 13.2. The molecular weight excluding hydrogens is 494 g/mol. The summed E-state index contributed by atoms with van der Waals surface area (Å²) in [5, 5.41) is 0.406. The van der Waals surface area contributed by atoms with E-state index in [1.807, 2.05) is 84.9 Å². The Morgan fingerprint density at radius 2 is 1.41 bits per heavy atom. The lowest BCUT2D eigenvalue weighted by atomic mass is 10.1. The van der Waals surface area contributed by atoms with Crippen molar-refractivity contribution >= 4 is 44.4 Å². The lowest BCUT2D eigenvalue weighted by Crippen LogP contribution is -2.29. The van der Waals surface area contributed by atoms with Gasteiger partial charge in [-0.05, 0) is 54.1 Å². The summed E-state index contributed by atoms with van der Waals surface area (Å²) in [6.45, 7) is 0.